The molecule has 4 rings (SSSR count). The van der Waals surface area contributed by atoms with E-state index in [-0.39, 0.29) is 17.4 Å². The first-order chi connectivity index (χ1) is 12.1. The van der Waals surface area contributed by atoms with Gasteiger partial charge in [0.2, 0.25) is 0 Å². The van der Waals surface area contributed by atoms with E-state index in [9.17, 15) is 13.6 Å². The van der Waals surface area contributed by atoms with Crippen LogP contribution in [-0.2, 0) is 0 Å². The van der Waals surface area contributed by atoms with Gasteiger partial charge < -0.3 is 4.90 Å². The molecule has 8 heteroatoms. The molecule has 0 aliphatic carbocycles. The van der Waals surface area contributed by atoms with Crippen LogP contribution in [0.1, 0.15) is 34.8 Å². The minimum atomic E-state index is -0.758. The lowest BCUT2D eigenvalue weighted by molar-refractivity contribution is 0.0705. The highest BCUT2D eigenvalue weighted by atomic mass is 19.1. The van der Waals surface area contributed by atoms with Crippen LogP contribution in [0.5, 0.6) is 0 Å². The van der Waals surface area contributed by atoms with Crippen molar-refractivity contribution in [2.75, 3.05) is 13.1 Å². The molecule has 1 aromatic carbocycles. The minimum Gasteiger partial charge on any atom is -0.338 e. The van der Waals surface area contributed by atoms with Crippen LogP contribution in [0.15, 0.2) is 30.6 Å². The second-order valence-corrected chi connectivity index (χ2v) is 6.11. The van der Waals surface area contributed by atoms with Crippen molar-refractivity contribution in [3.05, 3.63) is 53.5 Å². The highest BCUT2D eigenvalue weighted by molar-refractivity contribution is 5.94. The van der Waals surface area contributed by atoms with Crippen LogP contribution in [0.2, 0.25) is 0 Å². The van der Waals surface area contributed by atoms with Gasteiger partial charge in [0.05, 0.1) is 5.69 Å². The lowest BCUT2D eigenvalue weighted by Gasteiger charge is -2.32. The normalized spacial score (nSPS) is 17.8. The number of hydrogen-bond donors (Lipinski definition) is 1. The lowest BCUT2D eigenvalue weighted by Crippen LogP contribution is -2.39. The van der Waals surface area contributed by atoms with Crippen LogP contribution in [0, 0.1) is 11.6 Å². The number of nitrogens with one attached hydrogen (secondary N) is 1. The number of nitrogens with zero attached hydrogens (tertiary/aromatic N) is 4. The Morgan fingerprint density at radius 2 is 1.92 bits per heavy atom. The van der Waals surface area contributed by atoms with Crippen LogP contribution >= 0.6 is 0 Å². The van der Waals surface area contributed by atoms with E-state index in [1.165, 1.54) is 0 Å². The molecule has 1 aliphatic heterocycles. The van der Waals surface area contributed by atoms with Crippen molar-refractivity contribution >= 4 is 17.1 Å². The summed E-state index contributed by atoms with van der Waals surface area (Å²) < 4.78 is 26.8. The largest absolute Gasteiger partial charge is 0.338 e. The number of fused-ring (bicyclic) bond motifs is 1. The Bertz CT molecular complexity index is 921. The molecule has 1 aliphatic rings. The Balaban J connectivity index is 1.59. The van der Waals surface area contributed by atoms with Crippen molar-refractivity contribution < 1.29 is 13.6 Å². The van der Waals surface area contributed by atoms with E-state index in [0.717, 1.165) is 36.7 Å². The minimum absolute atomic E-state index is 0.0208. The standard InChI is InChI=1S/C17H15F2N5O/c18-12-6-11(7-13(19)8-12)17(25)24-5-1-2-10(9-24)14-15-16(23-22-14)21-4-3-20-15/h3-4,6-8,10H,1-2,5,9H2,(H,21,22,23)/t10-/m0/s1. The Labute approximate surface area is 141 Å². The molecule has 6 nitrogen and oxygen atoms in total. The molecule has 1 amide bonds. The SMILES string of the molecule is O=C(c1cc(F)cc(F)c1)N1CCC[C@H](c2[nH]nc3nccnc23)C1. The first-order valence-electron chi connectivity index (χ1n) is 8.02. The number of hydrogen-bond acceptors (Lipinski definition) is 4. The number of likely N-dealkylation sites (tertiary alicyclic amines) is 1. The van der Waals surface area contributed by atoms with Gasteiger partial charge in [0.1, 0.15) is 17.2 Å². The summed E-state index contributed by atoms with van der Waals surface area (Å²) in [5, 5.41) is 7.11. The number of benzene rings is 1. The van der Waals surface area contributed by atoms with Crippen LogP contribution < -0.4 is 0 Å². The van der Waals surface area contributed by atoms with Gasteiger partial charge in [0, 0.05) is 43.0 Å². The molecule has 1 N–H and O–H groups in total. The van der Waals surface area contributed by atoms with Crippen LogP contribution in [0.4, 0.5) is 8.78 Å². The summed E-state index contributed by atoms with van der Waals surface area (Å²) in [6, 6.07) is 2.88. The Morgan fingerprint density at radius 1 is 1.16 bits per heavy atom. The zero-order chi connectivity index (χ0) is 17.4. The van der Waals surface area contributed by atoms with E-state index < -0.39 is 11.6 Å². The summed E-state index contributed by atoms with van der Waals surface area (Å²) in [4.78, 5) is 22.7. The second kappa shape index (κ2) is 6.19. The molecule has 0 saturated carbocycles. The van der Waals surface area contributed by atoms with Crippen molar-refractivity contribution in [1.82, 2.24) is 25.1 Å². The highest BCUT2D eigenvalue weighted by Gasteiger charge is 2.28. The molecule has 1 saturated heterocycles. The van der Waals surface area contributed by atoms with Crippen LogP contribution in [0.3, 0.4) is 0 Å². The number of piperidine rings is 1. The average molecular weight is 343 g/mol. The number of H-pyrrole nitrogens is 1. The summed E-state index contributed by atoms with van der Waals surface area (Å²) in [7, 11) is 0. The van der Waals surface area contributed by atoms with Gasteiger partial charge in [-0.1, -0.05) is 0 Å². The average Bonchev–Trinajstić information content (AvgIpc) is 3.04. The number of rotatable bonds is 2. The molecule has 3 aromatic rings. The predicted octanol–water partition coefficient (Wildman–Crippen LogP) is 2.65. The van der Waals surface area contributed by atoms with Crippen molar-refractivity contribution in [3.63, 3.8) is 0 Å². The van der Waals surface area contributed by atoms with Gasteiger partial charge in [0.15, 0.2) is 5.65 Å². The first-order valence-corrected chi connectivity index (χ1v) is 8.02. The fraction of sp³-hybridized carbons (Fsp3) is 0.294. The molecular weight excluding hydrogens is 328 g/mol. The van der Waals surface area contributed by atoms with Gasteiger partial charge in [-0.15, -0.1) is 0 Å². The molecule has 0 bridgehead atoms. The van der Waals surface area contributed by atoms with E-state index in [1.807, 2.05) is 0 Å². The topological polar surface area (TPSA) is 74.8 Å². The van der Waals surface area contributed by atoms with Gasteiger partial charge in [-0.25, -0.2) is 18.7 Å². The van der Waals surface area contributed by atoms with E-state index >= 15 is 0 Å². The molecular formula is C17H15F2N5O. The monoisotopic (exact) mass is 343 g/mol. The molecule has 2 aromatic heterocycles. The number of halogens is 2. The molecule has 1 fully saturated rings. The van der Waals surface area contributed by atoms with Gasteiger partial charge in [-0.2, -0.15) is 5.10 Å². The maximum absolute atomic E-state index is 13.4. The lowest BCUT2D eigenvalue weighted by atomic mass is 9.93. The van der Waals surface area contributed by atoms with Crippen molar-refractivity contribution in [1.29, 1.82) is 0 Å². The third-order valence-electron chi connectivity index (χ3n) is 4.44. The molecule has 0 unspecified atom stereocenters. The van der Waals surface area contributed by atoms with Crippen molar-refractivity contribution in [3.8, 4) is 0 Å². The molecule has 1 atom stereocenters. The highest BCUT2D eigenvalue weighted by Crippen LogP contribution is 2.29. The van der Waals surface area contributed by atoms with Crippen molar-refractivity contribution in [2.45, 2.75) is 18.8 Å². The van der Waals surface area contributed by atoms with E-state index in [1.54, 1.807) is 17.3 Å². The Hall–Kier alpha value is -2.90. The number of aromatic amines is 1. The molecule has 128 valence electrons. The van der Waals surface area contributed by atoms with Gasteiger partial charge in [0.25, 0.3) is 5.91 Å². The third kappa shape index (κ3) is 2.95. The Kier molecular flexibility index (Phi) is 3.87. The molecule has 0 spiro atoms. The number of carbonyl (C=O) groups excluding carboxylic acids is 1. The maximum atomic E-state index is 13.4. The second-order valence-electron chi connectivity index (χ2n) is 6.11. The fourth-order valence-electron chi connectivity index (χ4n) is 3.31. The summed E-state index contributed by atoms with van der Waals surface area (Å²) in [6.07, 6.45) is 4.83. The summed E-state index contributed by atoms with van der Waals surface area (Å²) >= 11 is 0. The van der Waals surface area contributed by atoms with E-state index in [2.05, 4.69) is 20.2 Å². The van der Waals surface area contributed by atoms with E-state index in [0.29, 0.717) is 24.3 Å². The van der Waals surface area contributed by atoms with E-state index in [4.69, 9.17) is 0 Å². The zero-order valence-electron chi connectivity index (χ0n) is 13.2. The smallest absolute Gasteiger partial charge is 0.254 e. The predicted molar refractivity (Wildman–Crippen MR) is 85.9 cm³/mol. The fourth-order valence-corrected chi connectivity index (χ4v) is 3.31. The van der Waals surface area contributed by atoms with Crippen molar-refractivity contribution in [2.24, 2.45) is 0 Å². The molecule has 0 radical (unpaired) electrons. The number of carbonyl (C=O) groups is 1. The summed E-state index contributed by atoms with van der Waals surface area (Å²) in [6.45, 7) is 0.982. The quantitative estimate of drug-likeness (QED) is 0.776. The van der Waals surface area contributed by atoms with Crippen LogP contribution in [-0.4, -0.2) is 44.1 Å². The van der Waals surface area contributed by atoms with Gasteiger partial charge >= 0.3 is 0 Å². The summed E-state index contributed by atoms with van der Waals surface area (Å²) in [5.41, 5.74) is 2.09. The first kappa shape index (κ1) is 15.6. The molecule has 25 heavy (non-hydrogen) atoms. The maximum Gasteiger partial charge on any atom is 0.254 e. The van der Waals surface area contributed by atoms with Gasteiger partial charge in [-0.05, 0) is 25.0 Å². The number of aromatic nitrogens is 4. The summed E-state index contributed by atoms with van der Waals surface area (Å²) in [5.74, 6) is -1.87. The molecule has 3 heterocycles. The number of amides is 1. The zero-order valence-corrected chi connectivity index (χ0v) is 13.2. The Morgan fingerprint density at radius 3 is 2.72 bits per heavy atom. The van der Waals surface area contributed by atoms with Crippen LogP contribution in [0.25, 0.3) is 11.2 Å². The van der Waals surface area contributed by atoms with Gasteiger partial charge in [-0.3, -0.25) is 9.89 Å². The third-order valence-corrected chi connectivity index (χ3v) is 4.44.